The highest BCUT2D eigenvalue weighted by atomic mass is 32.2. The fourth-order valence-corrected chi connectivity index (χ4v) is 3.07. The molecule has 0 saturated carbocycles. The molecule has 1 aromatic rings. The van der Waals surface area contributed by atoms with E-state index in [0.717, 1.165) is 6.42 Å². The summed E-state index contributed by atoms with van der Waals surface area (Å²) in [5, 5.41) is 7.62. The van der Waals surface area contributed by atoms with Crippen molar-refractivity contribution in [3.05, 3.63) is 18.0 Å². The Bertz CT molecular complexity index is 730. The highest BCUT2D eigenvalue weighted by Gasteiger charge is 2.49. The first-order valence-electron chi connectivity index (χ1n) is 7.83. The van der Waals surface area contributed by atoms with Crippen LogP contribution in [0.5, 0.6) is 5.88 Å². The lowest BCUT2D eigenvalue weighted by Gasteiger charge is -2.34. The zero-order valence-electron chi connectivity index (χ0n) is 13.9. The number of nitrogens with zero attached hydrogens (tertiary/aromatic N) is 3. The normalized spacial score (nSPS) is 21.7. The van der Waals surface area contributed by atoms with Crippen LogP contribution in [-0.2, 0) is 20.8 Å². The second kappa shape index (κ2) is 7.22. The molecule has 0 spiro atoms. The second-order valence-electron chi connectivity index (χ2n) is 5.89. The van der Waals surface area contributed by atoms with Crippen LogP contribution in [0.15, 0.2) is 18.0 Å². The second-order valence-corrected chi connectivity index (χ2v) is 7.43. The van der Waals surface area contributed by atoms with Gasteiger partial charge in [0, 0.05) is 18.4 Å². The van der Waals surface area contributed by atoms with E-state index < -0.39 is 15.6 Å². The van der Waals surface area contributed by atoms with Crippen molar-refractivity contribution in [3.63, 3.8) is 0 Å². The first-order chi connectivity index (χ1) is 11.6. The van der Waals surface area contributed by atoms with Crippen LogP contribution in [0, 0.1) is 5.41 Å². The maximum absolute atomic E-state index is 12.4. The van der Waals surface area contributed by atoms with Gasteiger partial charge in [0.15, 0.2) is 0 Å². The fourth-order valence-electron chi connectivity index (χ4n) is 2.55. The summed E-state index contributed by atoms with van der Waals surface area (Å²) in [5.74, 6) is 0.336. The Morgan fingerprint density at radius 1 is 1.36 bits per heavy atom. The molecule has 1 aliphatic rings. The number of aryl methyl sites for hydroxylation is 1. The van der Waals surface area contributed by atoms with Gasteiger partial charge in [-0.25, -0.2) is 4.68 Å². The van der Waals surface area contributed by atoms with Crippen LogP contribution >= 0.6 is 0 Å². The van der Waals surface area contributed by atoms with Gasteiger partial charge in [-0.1, -0.05) is 12.1 Å². The molecule has 2 rings (SSSR count). The molecule has 1 unspecified atom stereocenters. The molecule has 1 heterocycles. The molecule has 0 saturated heterocycles. The number of hydrogen-bond acceptors (Lipinski definition) is 6. The maximum Gasteiger partial charge on any atom is 0.534 e. The van der Waals surface area contributed by atoms with Gasteiger partial charge in [0.05, 0.1) is 6.61 Å². The van der Waals surface area contributed by atoms with Crippen LogP contribution in [0.2, 0.25) is 0 Å². The monoisotopic (exact) mass is 383 g/mol. The Morgan fingerprint density at radius 2 is 2.08 bits per heavy atom. The highest BCUT2D eigenvalue weighted by molar-refractivity contribution is 7.87. The molecule has 0 radical (unpaired) electrons. The average molecular weight is 383 g/mol. The molecule has 0 amide bonds. The first kappa shape index (κ1) is 19.5. The third-order valence-corrected chi connectivity index (χ3v) is 5.32. The van der Waals surface area contributed by atoms with E-state index in [9.17, 15) is 21.6 Å². The number of alkyl halides is 3. The fraction of sp³-hybridized carbons (Fsp3) is 0.714. The highest BCUT2D eigenvalue weighted by Crippen LogP contribution is 2.40. The van der Waals surface area contributed by atoms with E-state index >= 15 is 0 Å². The van der Waals surface area contributed by atoms with Gasteiger partial charge in [0.25, 0.3) is 0 Å². The summed E-state index contributed by atoms with van der Waals surface area (Å²) in [6.07, 6.45) is 4.52. The molecular formula is C14H20F3N3O4S. The quantitative estimate of drug-likeness (QED) is 0.532. The van der Waals surface area contributed by atoms with Crippen LogP contribution in [0.1, 0.15) is 39.5 Å². The number of halogens is 3. The van der Waals surface area contributed by atoms with Crippen LogP contribution in [0.3, 0.4) is 0 Å². The average Bonchev–Trinajstić information content (AvgIpc) is 3.01. The molecule has 0 aliphatic heterocycles. The maximum atomic E-state index is 12.4. The van der Waals surface area contributed by atoms with E-state index in [2.05, 4.69) is 14.5 Å². The minimum Gasteiger partial charge on any atom is -0.476 e. The van der Waals surface area contributed by atoms with Gasteiger partial charge in [-0.2, -0.15) is 21.6 Å². The largest absolute Gasteiger partial charge is 0.534 e. The number of aromatic nitrogens is 3. The van der Waals surface area contributed by atoms with Gasteiger partial charge in [-0.15, -0.1) is 5.10 Å². The zero-order valence-corrected chi connectivity index (χ0v) is 14.7. The van der Waals surface area contributed by atoms with E-state index in [-0.39, 0.29) is 17.6 Å². The SMILES string of the molecule is CCn1nncc1OCC1(CC)CC=C(OS(=O)(=O)C(F)(F)F)CC1. The van der Waals surface area contributed by atoms with Gasteiger partial charge in [-0.3, -0.25) is 0 Å². The summed E-state index contributed by atoms with van der Waals surface area (Å²) < 4.78 is 70.9. The predicted molar refractivity (Wildman–Crippen MR) is 81.9 cm³/mol. The Morgan fingerprint density at radius 3 is 2.60 bits per heavy atom. The number of hydrogen-bond donors (Lipinski definition) is 0. The number of allylic oxidation sites excluding steroid dienone is 2. The van der Waals surface area contributed by atoms with Crippen molar-refractivity contribution in [3.8, 4) is 5.88 Å². The first-order valence-corrected chi connectivity index (χ1v) is 9.24. The van der Waals surface area contributed by atoms with E-state index in [1.165, 1.54) is 12.3 Å². The molecule has 11 heteroatoms. The lowest BCUT2D eigenvalue weighted by molar-refractivity contribution is -0.0526. The van der Waals surface area contributed by atoms with Gasteiger partial charge in [-0.05, 0) is 32.3 Å². The summed E-state index contributed by atoms with van der Waals surface area (Å²) in [4.78, 5) is 0. The van der Waals surface area contributed by atoms with Crippen LogP contribution in [-0.4, -0.2) is 35.5 Å². The van der Waals surface area contributed by atoms with Crippen LogP contribution in [0.25, 0.3) is 0 Å². The lowest BCUT2D eigenvalue weighted by Crippen LogP contribution is -2.32. The van der Waals surface area contributed by atoms with E-state index in [1.807, 2.05) is 13.8 Å². The zero-order chi connectivity index (χ0) is 18.7. The molecule has 0 bridgehead atoms. The Labute approximate surface area is 143 Å². The van der Waals surface area contributed by atoms with Gasteiger partial charge in [0.2, 0.25) is 5.88 Å². The van der Waals surface area contributed by atoms with Crippen molar-refractivity contribution < 1.29 is 30.5 Å². The minimum absolute atomic E-state index is 0.0950. The summed E-state index contributed by atoms with van der Waals surface area (Å²) in [7, 11) is -5.62. The standard InChI is InChI=1S/C14H20F3N3O4S/c1-3-13(10-23-12-9-18-19-20(12)4-2)7-5-11(6-8-13)24-25(21,22)14(15,16)17/h5,9H,3-4,6-8,10H2,1-2H3. The molecule has 0 aromatic carbocycles. The van der Waals surface area contributed by atoms with Gasteiger partial charge >= 0.3 is 15.6 Å². The smallest absolute Gasteiger partial charge is 0.476 e. The molecule has 0 N–H and O–H groups in total. The topological polar surface area (TPSA) is 83.3 Å². The number of ether oxygens (including phenoxy) is 1. The Hall–Kier alpha value is -1.78. The predicted octanol–water partition coefficient (Wildman–Crippen LogP) is 3.01. The van der Waals surface area contributed by atoms with Crippen molar-refractivity contribution in [2.75, 3.05) is 6.61 Å². The van der Waals surface area contributed by atoms with Gasteiger partial charge < -0.3 is 8.92 Å². The van der Waals surface area contributed by atoms with Gasteiger partial charge in [0.1, 0.15) is 12.0 Å². The molecule has 1 aromatic heterocycles. The molecular weight excluding hydrogens is 363 g/mol. The van der Waals surface area contributed by atoms with E-state index in [4.69, 9.17) is 4.74 Å². The van der Waals surface area contributed by atoms with Crippen molar-refractivity contribution >= 4 is 10.1 Å². The Kier molecular flexibility index (Phi) is 5.65. The van der Waals surface area contributed by atoms with Crippen molar-refractivity contribution in [2.45, 2.75) is 51.6 Å². The van der Waals surface area contributed by atoms with Crippen molar-refractivity contribution in [1.82, 2.24) is 15.0 Å². The molecule has 142 valence electrons. The van der Waals surface area contributed by atoms with E-state index in [1.54, 1.807) is 4.68 Å². The third kappa shape index (κ3) is 4.44. The Balaban J connectivity index is 2.02. The van der Waals surface area contributed by atoms with E-state index in [0.29, 0.717) is 31.9 Å². The van der Waals surface area contributed by atoms with Crippen LogP contribution < -0.4 is 4.74 Å². The van der Waals surface area contributed by atoms with Crippen molar-refractivity contribution in [1.29, 1.82) is 0 Å². The lowest BCUT2D eigenvalue weighted by atomic mass is 9.75. The molecule has 0 fully saturated rings. The summed E-state index contributed by atoms with van der Waals surface area (Å²) in [5.41, 5.74) is -5.74. The summed E-state index contributed by atoms with van der Waals surface area (Å²) in [6.45, 7) is 4.77. The van der Waals surface area contributed by atoms with Crippen molar-refractivity contribution in [2.24, 2.45) is 5.41 Å². The molecule has 1 aliphatic carbocycles. The summed E-state index contributed by atoms with van der Waals surface area (Å²) in [6, 6.07) is 0. The molecule has 1 atom stereocenters. The minimum atomic E-state index is -5.62. The summed E-state index contributed by atoms with van der Waals surface area (Å²) >= 11 is 0. The molecule has 7 nitrogen and oxygen atoms in total. The van der Waals surface area contributed by atoms with Crippen LogP contribution in [0.4, 0.5) is 13.2 Å². The molecule has 25 heavy (non-hydrogen) atoms. The third-order valence-electron chi connectivity index (χ3n) is 4.32. The number of rotatable bonds is 7.